The summed E-state index contributed by atoms with van der Waals surface area (Å²) in [6.45, 7) is 5.86. The number of carbonyl (C=O) groups excluding carboxylic acids is 1. The SMILES string of the molecule is CCC1CCCN1C(CN)CC(=O)N1CCCC1. The first kappa shape index (κ1) is 13.8. The number of hydrogen-bond acceptors (Lipinski definition) is 3. The topological polar surface area (TPSA) is 49.6 Å². The Morgan fingerprint density at radius 2 is 2.00 bits per heavy atom. The molecule has 18 heavy (non-hydrogen) atoms. The molecule has 2 N–H and O–H groups in total. The van der Waals surface area contributed by atoms with Crippen LogP contribution in [-0.4, -0.2) is 54.0 Å². The van der Waals surface area contributed by atoms with Gasteiger partial charge in [0.2, 0.25) is 5.91 Å². The quantitative estimate of drug-likeness (QED) is 0.801. The Kier molecular flexibility index (Phi) is 5.01. The molecule has 2 heterocycles. The molecule has 4 nitrogen and oxygen atoms in total. The first-order chi connectivity index (χ1) is 8.76. The van der Waals surface area contributed by atoms with Gasteiger partial charge >= 0.3 is 0 Å². The molecule has 0 radical (unpaired) electrons. The summed E-state index contributed by atoms with van der Waals surface area (Å²) in [5.74, 6) is 0.310. The van der Waals surface area contributed by atoms with Gasteiger partial charge in [0.15, 0.2) is 0 Å². The van der Waals surface area contributed by atoms with E-state index < -0.39 is 0 Å². The lowest BCUT2D eigenvalue weighted by Crippen LogP contribution is -2.46. The van der Waals surface area contributed by atoms with E-state index >= 15 is 0 Å². The monoisotopic (exact) mass is 253 g/mol. The summed E-state index contributed by atoms with van der Waals surface area (Å²) >= 11 is 0. The number of carbonyl (C=O) groups is 1. The van der Waals surface area contributed by atoms with Crippen LogP contribution in [0.1, 0.15) is 45.4 Å². The second-order valence-electron chi connectivity index (χ2n) is 5.62. The van der Waals surface area contributed by atoms with Crippen LogP contribution in [0.4, 0.5) is 0 Å². The van der Waals surface area contributed by atoms with Crippen molar-refractivity contribution in [3.63, 3.8) is 0 Å². The number of nitrogens with zero attached hydrogens (tertiary/aromatic N) is 2. The van der Waals surface area contributed by atoms with Crippen LogP contribution in [0.25, 0.3) is 0 Å². The van der Waals surface area contributed by atoms with Crippen LogP contribution in [0, 0.1) is 0 Å². The van der Waals surface area contributed by atoms with Gasteiger partial charge in [-0.05, 0) is 38.6 Å². The zero-order valence-corrected chi connectivity index (χ0v) is 11.6. The third kappa shape index (κ3) is 3.04. The standard InChI is InChI=1S/C14H27N3O/c1-2-12-6-5-9-17(12)13(11-15)10-14(18)16-7-3-4-8-16/h12-13H,2-11,15H2,1H3. The van der Waals surface area contributed by atoms with E-state index in [-0.39, 0.29) is 6.04 Å². The van der Waals surface area contributed by atoms with Crippen molar-refractivity contribution < 1.29 is 4.79 Å². The second-order valence-corrected chi connectivity index (χ2v) is 5.62. The Morgan fingerprint density at radius 3 is 2.61 bits per heavy atom. The molecule has 0 spiro atoms. The minimum atomic E-state index is 0.255. The van der Waals surface area contributed by atoms with Crippen molar-refractivity contribution in [3.8, 4) is 0 Å². The van der Waals surface area contributed by atoms with Crippen molar-refractivity contribution in [3.05, 3.63) is 0 Å². The van der Waals surface area contributed by atoms with E-state index in [2.05, 4.69) is 11.8 Å². The van der Waals surface area contributed by atoms with Crippen LogP contribution in [-0.2, 0) is 4.79 Å². The number of nitrogens with two attached hydrogens (primary N) is 1. The lowest BCUT2D eigenvalue weighted by Gasteiger charge is -2.32. The summed E-state index contributed by atoms with van der Waals surface area (Å²) in [6, 6.07) is 0.899. The molecule has 2 atom stereocenters. The molecular weight excluding hydrogens is 226 g/mol. The maximum atomic E-state index is 12.2. The summed E-state index contributed by atoms with van der Waals surface area (Å²) < 4.78 is 0. The summed E-state index contributed by atoms with van der Waals surface area (Å²) in [4.78, 5) is 16.7. The summed E-state index contributed by atoms with van der Waals surface area (Å²) in [6.07, 6.45) is 6.65. The van der Waals surface area contributed by atoms with Crippen molar-refractivity contribution in [1.82, 2.24) is 9.80 Å². The van der Waals surface area contributed by atoms with E-state index in [1.54, 1.807) is 0 Å². The highest BCUT2D eigenvalue weighted by atomic mass is 16.2. The number of amides is 1. The van der Waals surface area contributed by atoms with Crippen molar-refractivity contribution >= 4 is 5.91 Å². The predicted molar refractivity (Wildman–Crippen MR) is 73.3 cm³/mol. The highest BCUT2D eigenvalue weighted by Gasteiger charge is 2.31. The molecule has 0 saturated carbocycles. The smallest absolute Gasteiger partial charge is 0.224 e. The normalized spacial score (nSPS) is 26.8. The number of rotatable bonds is 5. The Balaban J connectivity index is 1.89. The molecule has 2 saturated heterocycles. The van der Waals surface area contributed by atoms with E-state index in [4.69, 9.17) is 5.73 Å². The molecule has 2 aliphatic heterocycles. The number of likely N-dealkylation sites (tertiary alicyclic amines) is 2. The van der Waals surface area contributed by atoms with E-state index in [1.165, 1.54) is 32.1 Å². The first-order valence-corrected chi connectivity index (χ1v) is 7.49. The van der Waals surface area contributed by atoms with E-state index in [0.29, 0.717) is 24.9 Å². The minimum Gasteiger partial charge on any atom is -0.343 e. The van der Waals surface area contributed by atoms with Gasteiger partial charge in [-0.2, -0.15) is 0 Å². The van der Waals surface area contributed by atoms with Gasteiger partial charge < -0.3 is 10.6 Å². The van der Waals surface area contributed by atoms with Gasteiger partial charge in [-0.3, -0.25) is 9.69 Å². The molecule has 0 aromatic rings. The lowest BCUT2D eigenvalue weighted by molar-refractivity contribution is -0.131. The second kappa shape index (κ2) is 6.53. The van der Waals surface area contributed by atoms with Gasteiger partial charge in [-0.1, -0.05) is 6.92 Å². The Labute approximate surface area is 110 Å². The van der Waals surface area contributed by atoms with Gasteiger partial charge in [0.05, 0.1) is 0 Å². The number of hydrogen-bond donors (Lipinski definition) is 1. The third-order valence-corrected chi connectivity index (χ3v) is 4.50. The van der Waals surface area contributed by atoms with Crippen molar-refractivity contribution in [1.29, 1.82) is 0 Å². The van der Waals surface area contributed by atoms with Crippen molar-refractivity contribution in [2.75, 3.05) is 26.2 Å². The van der Waals surface area contributed by atoms with Gasteiger partial charge in [0.1, 0.15) is 0 Å². The molecular formula is C14H27N3O. The molecule has 0 aliphatic carbocycles. The Hall–Kier alpha value is -0.610. The van der Waals surface area contributed by atoms with Crippen LogP contribution in [0.5, 0.6) is 0 Å². The molecule has 2 aliphatic rings. The van der Waals surface area contributed by atoms with E-state index in [1.807, 2.05) is 4.90 Å². The average Bonchev–Trinajstić information content (AvgIpc) is 3.05. The van der Waals surface area contributed by atoms with Crippen LogP contribution < -0.4 is 5.73 Å². The first-order valence-electron chi connectivity index (χ1n) is 7.49. The molecule has 4 heteroatoms. The fraction of sp³-hybridized carbons (Fsp3) is 0.929. The van der Waals surface area contributed by atoms with E-state index in [0.717, 1.165) is 19.6 Å². The van der Waals surface area contributed by atoms with Crippen LogP contribution in [0.2, 0.25) is 0 Å². The van der Waals surface area contributed by atoms with Crippen LogP contribution >= 0.6 is 0 Å². The molecule has 2 rings (SSSR count). The van der Waals surface area contributed by atoms with Crippen LogP contribution in [0.15, 0.2) is 0 Å². The minimum absolute atomic E-state index is 0.255. The summed E-state index contributed by atoms with van der Waals surface area (Å²) in [7, 11) is 0. The van der Waals surface area contributed by atoms with Crippen molar-refractivity contribution in [2.24, 2.45) is 5.73 Å². The largest absolute Gasteiger partial charge is 0.343 e. The van der Waals surface area contributed by atoms with Crippen LogP contribution in [0.3, 0.4) is 0 Å². The Bertz CT molecular complexity index is 276. The van der Waals surface area contributed by atoms with Gasteiger partial charge in [-0.25, -0.2) is 0 Å². The van der Waals surface area contributed by atoms with E-state index in [9.17, 15) is 4.79 Å². The Morgan fingerprint density at radius 1 is 1.28 bits per heavy atom. The molecule has 0 bridgehead atoms. The molecule has 0 aromatic heterocycles. The average molecular weight is 253 g/mol. The molecule has 0 aromatic carbocycles. The van der Waals surface area contributed by atoms with Gasteiger partial charge in [0.25, 0.3) is 0 Å². The predicted octanol–water partition coefficient (Wildman–Crippen LogP) is 1.20. The van der Waals surface area contributed by atoms with Crippen molar-refractivity contribution in [2.45, 2.75) is 57.5 Å². The lowest BCUT2D eigenvalue weighted by atomic mass is 10.1. The highest BCUT2D eigenvalue weighted by molar-refractivity contribution is 5.77. The summed E-state index contributed by atoms with van der Waals surface area (Å²) in [5, 5.41) is 0. The third-order valence-electron chi connectivity index (χ3n) is 4.50. The summed E-state index contributed by atoms with van der Waals surface area (Å²) in [5.41, 5.74) is 5.90. The zero-order chi connectivity index (χ0) is 13.0. The maximum absolute atomic E-state index is 12.2. The molecule has 1 amide bonds. The fourth-order valence-electron chi connectivity index (χ4n) is 3.41. The zero-order valence-electron chi connectivity index (χ0n) is 11.6. The van der Waals surface area contributed by atoms with Gasteiger partial charge in [-0.15, -0.1) is 0 Å². The highest BCUT2D eigenvalue weighted by Crippen LogP contribution is 2.24. The molecule has 2 fully saturated rings. The molecule has 104 valence electrons. The fourth-order valence-corrected chi connectivity index (χ4v) is 3.41. The molecule has 2 unspecified atom stereocenters. The maximum Gasteiger partial charge on any atom is 0.224 e. The van der Waals surface area contributed by atoms with Gasteiger partial charge in [0, 0.05) is 38.1 Å².